The Balaban J connectivity index is 2.77. The fourth-order valence-electron chi connectivity index (χ4n) is 1.80. The van der Waals surface area contributed by atoms with Gasteiger partial charge in [-0.2, -0.15) is 0 Å². The molecule has 106 valence electrons. The van der Waals surface area contributed by atoms with Gasteiger partial charge in [-0.1, -0.05) is 29.8 Å². The molecule has 1 aromatic carbocycles. The second-order valence-corrected chi connectivity index (χ2v) is 5.45. The molecule has 5 heteroatoms. The van der Waals surface area contributed by atoms with Crippen LogP contribution in [0.5, 0.6) is 5.75 Å². The van der Waals surface area contributed by atoms with E-state index in [0.29, 0.717) is 17.0 Å². The molecule has 1 amide bonds. The van der Waals surface area contributed by atoms with E-state index >= 15 is 0 Å². The summed E-state index contributed by atoms with van der Waals surface area (Å²) in [5.41, 5.74) is 0.0375. The molecule has 1 N–H and O–H groups in total. The standard InChI is InChI=1S/C14H19BrFNO2/c1-9(2)6-10(8-15)17-14(18)12-5-4-11(19-3)7-13(12)16/h4-5,7,9-10H,6,8H2,1-3H3,(H,17,18). The van der Waals surface area contributed by atoms with Gasteiger partial charge in [-0.05, 0) is 24.5 Å². The summed E-state index contributed by atoms with van der Waals surface area (Å²) in [6, 6.07) is 4.21. The van der Waals surface area contributed by atoms with Crippen LogP contribution in [0.3, 0.4) is 0 Å². The maximum absolute atomic E-state index is 13.8. The van der Waals surface area contributed by atoms with Crippen molar-refractivity contribution in [3.63, 3.8) is 0 Å². The molecule has 0 saturated heterocycles. The zero-order chi connectivity index (χ0) is 14.4. The van der Waals surface area contributed by atoms with Crippen molar-refractivity contribution in [1.82, 2.24) is 5.32 Å². The van der Waals surface area contributed by atoms with Crippen LogP contribution in [0, 0.1) is 11.7 Å². The van der Waals surface area contributed by atoms with E-state index in [9.17, 15) is 9.18 Å². The highest BCUT2D eigenvalue weighted by molar-refractivity contribution is 9.09. The number of amides is 1. The number of alkyl halides is 1. The van der Waals surface area contributed by atoms with Crippen molar-refractivity contribution < 1.29 is 13.9 Å². The first kappa shape index (κ1) is 16.0. The summed E-state index contributed by atoms with van der Waals surface area (Å²) in [6.07, 6.45) is 0.842. The maximum Gasteiger partial charge on any atom is 0.254 e. The minimum Gasteiger partial charge on any atom is -0.497 e. The molecule has 3 nitrogen and oxygen atoms in total. The highest BCUT2D eigenvalue weighted by atomic mass is 79.9. The van der Waals surface area contributed by atoms with Crippen LogP contribution < -0.4 is 10.1 Å². The number of rotatable bonds is 6. The third kappa shape index (κ3) is 4.82. The van der Waals surface area contributed by atoms with Gasteiger partial charge >= 0.3 is 0 Å². The zero-order valence-corrected chi connectivity index (χ0v) is 13.0. The Labute approximate surface area is 121 Å². The normalized spacial score (nSPS) is 12.3. The van der Waals surface area contributed by atoms with Crippen LogP contribution in [-0.2, 0) is 0 Å². The molecule has 1 rings (SSSR count). The summed E-state index contributed by atoms with van der Waals surface area (Å²) < 4.78 is 18.7. The van der Waals surface area contributed by atoms with Gasteiger partial charge in [0.1, 0.15) is 11.6 Å². The Morgan fingerprint density at radius 1 is 1.47 bits per heavy atom. The minimum absolute atomic E-state index is 0.00555. The Kier molecular flexibility index (Phi) is 6.28. The largest absolute Gasteiger partial charge is 0.497 e. The number of methoxy groups -OCH3 is 1. The van der Waals surface area contributed by atoms with E-state index < -0.39 is 11.7 Å². The predicted molar refractivity (Wildman–Crippen MR) is 77.5 cm³/mol. The van der Waals surface area contributed by atoms with E-state index in [2.05, 4.69) is 35.1 Å². The Hall–Kier alpha value is -1.10. The second-order valence-electron chi connectivity index (χ2n) is 4.80. The summed E-state index contributed by atoms with van der Waals surface area (Å²) >= 11 is 3.36. The van der Waals surface area contributed by atoms with E-state index in [0.717, 1.165) is 6.42 Å². The van der Waals surface area contributed by atoms with Crippen molar-refractivity contribution in [2.45, 2.75) is 26.3 Å². The van der Waals surface area contributed by atoms with Gasteiger partial charge in [-0.15, -0.1) is 0 Å². The predicted octanol–water partition coefficient (Wildman–Crippen LogP) is 3.37. The fourth-order valence-corrected chi connectivity index (χ4v) is 2.23. The highest BCUT2D eigenvalue weighted by Crippen LogP contribution is 2.17. The smallest absolute Gasteiger partial charge is 0.254 e. The van der Waals surface area contributed by atoms with Crippen molar-refractivity contribution in [3.8, 4) is 5.75 Å². The molecule has 0 aliphatic carbocycles. The molecule has 0 bridgehead atoms. The molecule has 0 aliphatic rings. The van der Waals surface area contributed by atoms with Crippen LogP contribution >= 0.6 is 15.9 Å². The van der Waals surface area contributed by atoms with Crippen LogP contribution in [0.4, 0.5) is 4.39 Å². The molecule has 19 heavy (non-hydrogen) atoms. The average molecular weight is 332 g/mol. The van der Waals surface area contributed by atoms with Crippen molar-refractivity contribution in [2.24, 2.45) is 5.92 Å². The molecule has 0 saturated carbocycles. The van der Waals surface area contributed by atoms with E-state index in [1.54, 1.807) is 6.07 Å². The minimum atomic E-state index is -0.574. The summed E-state index contributed by atoms with van der Waals surface area (Å²) in [6.45, 7) is 4.16. The molecule has 0 aliphatic heterocycles. The van der Waals surface area contributed by atoms with Crippen LogP contribution in [0.2, 0.25) is 0 Å². The van der Waals surface area contributed by atoms with Crippen LogP contribution in [0.25, 0.3) is 0 Å². The van der Waals surface area contributed by atoms with Gasteiger partial charge in [0.05, 0.1) is 12.7 Å². The number of ether oxygens (including phenoxy) is 1. The van der Waals surface area contributed by atoms with Gasteiger partial charge in [-0.25, -0.2) is 4.39 Å². The third-order valence-corrected chi connectivity index (χ3v) is 3.48. The summed E-state index contributed by atoms with van der Waals surface area (Å²) in [5.74, 6) is -0.114. The van der Waals surface area contributed by atoms with E-state index in [-0.39, 0.29) is 11.6 Å². The van der Waals surface area contributed by atoms with Gasteiger partial charge in [0.25, 0.3) is 5.91 Å². The number of halogens is 2. The van der Waals surface area contributed by atoms with Crippen molar-refractivity contribution in [3.05, 3.63) is 29.6 Å². The van der Waals surface area contributed by atoms with E-state index in [1.165, 1.54) is 19.2 Å². The maximum atomic E-state index is 13.8. The number of carbonyl (C=O) groups excluding carboxylic acids is 1. The van der Waals surface area contributed by atoms with Crippen LogP contribution in [0.15, 0.2) is 18.2 Å². The summed E-state index contributed by atoms with van der Waals surface area (Å²) in [7, 11) is 1.46. The van der Waals surface area contributed by atoms with Gasteiger partial charge in [0.15, 0.2) is 0 Å². The van der Waals surface area contributed by atoms with Crippen molar-refractivity contribution in [2.75, 3.05) is 12.4 Å². The van der Waals surface area contributed by atoms with E-state index in [4.69, 9.17) is 4.74 Å². The number of hydrogen-bond donors (Lipinski definition) is 1. The quantitative estimate of drug-likeness (QED) is 0.811. The molecule has 0 fully saturated rings. The lowest BCUT2D eigenvalue weighted by atomic mass is 10.0. The number of nitrogens with one attached hydrogen (secondary N) is 1. The van der Waals surface area contributed by atoms with Crippen LogP contribution in [0.1, 0.15) is 30.6 Å². The van der Waals surface area contributed by atoms with E-state index in [1.807, 2.05) is 0 Å². The third-order valence-electron chi connectivity index (χ3n) is 2.70. The fraction of sp³-hybridized carbons (Fsp3) is 0.500. The number of benzene rings is 1. The van der Waals surface area contributed by atoms with Gasteiger partial charge in [0, 0.05) is 17.4 Å². The molecule has 0 radical (unpaired) electrons. The lowest BCUT2D eigenvalue weighted by Gasteiger charge is -2.18. The SMILES string of the molecule is COc1ccc(C(=O)NC(CBr)CC(C)C)c(F)c1. The highest BCUT2D eigenvalue weighted by Gasteiger charge is 2.17. The first-order chi connectivity index (χ1) is 8.97. The van der Waals surface area contributed by atoms with Gasteiger partial charge in [-0.3, -0.25) is 4.79 Å². The zero-order valence-electron chi connectivity index (χ0n) is 11.4. The Morgan fingerprint density at radius 3 is 2.63 bits per heavy atom. The molecular weight excluding hydrogens is 313 g/mol. The van der Waals surface area contributed by atoms with Crippen LogP contribution in [-0.4, -0.2) is 24.4 Å². The molecule has 1 aromatic rings. The van der Waals surface area contributed by atoms with Gasteiger partial charge < -0.3 is 10.1 Å². The topological polar surface area (TPSA) is 38.3 Å². The summed E-state index contributed by atoms with van der Waals surface area (Å²) in [4.78, 5) is 12.0. The molecule has 0 heterocycles. The lowest BCUT2D eigenvalue weighted by molar-refractivity contribution is 0.0933. The molecule has 0 spiro atoms. The molecular formula is C14H19BrFNO2. The average Bonchev–Trinajstić information content (AvgIpc) is 2.36. The first-order valence-corrected chi connectivity index (χ1v) is 7.30. The van der Waals surface area contributed by atoms with Crippen molar-refractivity contribution >= 4 is 21.8 Å². The first-order valence-electron chi connectivity index (χ1n) is 6.18. The monoisotopic (exact) mass is 331 g/mol. The van der Waals surface area contributed by atoms with Crippen molar-refractivity contribution in [1.29, 1.82) is 0 Å². The molecule has 1 unspecified atom stereocenters. The van der Waals surface area contributed by atoms with Gasteiger partial charge in [0.2, 0.25) is 0 Å². The molecule has 0 aromatic heterocycles. The Morgan fingerprint density at radius 2 is 2.16 bits per heavy atom. The Bertz CT molecular complexity index is 437. The number of carbonyl (C=O) groups is 1. The lowest BCUT2D eigenvalue weighted by Crippen LogP contribution is -2.37. The number of hydrogen-bond acceptors (Lipinski definition) is 2. The summed E-state index contributed by atoms with van der Waals surface area (Å²) in [5, 5.41) is 3.47. The molecule has 1 atom stereocenters. The second kappa shape index (κ2) is 7.48.